The summed E-state index contributed by atoms with van der Waals surface area (Å²) < 4.78 is 11.4. The summed E-state index contributed by atoms with van der Waals surface area (Å²) in [4.78, 5) is 26.9. The number of benzene rings is 2. The first-order chi connectivity index (χ1) is 14.1. The number of fused-ring (bicyclic) bond motifs is 1. The topological polar surface area (TPSA) is 82.8 Å². The van der Waals surface area contributed by atoms with Gasteiger partial charge in [-0.25, -0.2) is 4.79 Å². The summed E-state index contributed by atoms with van der Waals surface area (Å²) >= 11 is 0. The van der Waals surface area contributed by atoms with Gasteiger partial charge in [-0.1, -0.05) is 42.5 Å². The van der Waals surface area contributed by atoms with Crippen LogP contribution in [0.1, 0.15) is 22.1 Å². The number of pyridine rings is 1. The van der Waals surface area contributed by atoms with Crippen molar-refractivity contribution in [3.05, 3.63) is 95.5 Å². The number of esters is 1. The highest BCUT2D eigenvalue weighted by atomic mass is 16.5. The van der Waals surface area contributed by atoms with E-state index in [1.54, 1.807) is 23.1 Å². The van der Waals surface area contributed by atoms with Crippen LogP contribution in [-0.2, 0) is 9.53 Å². The molecule has 0 saturated carbocycles. The van der Waals surface area contributed by atoms with E-state index in [2.05, 4.69) is 0 Å². The van der Waals surface area contributed by atoms with Crippen LogP contribution < -0.4 is 14.4 Å². The van der Waals surface area contributed by atoms with E-state index in [9.17, 15) is 14.8 Å². The quantitative estimate of drug-likeness (QED) is 0.389. The third-order valence-corrected chi connectivity index (χ3v) is 4.65. The summed E-state index contributed by atoms with van der Waals surface area (Å²) in [5.74, 6) is -0.678. The SMILES string of the molecule is O=C(OCC(=O)N1c2ccccc2OC[C@@H]1c1ccccc1)c1cccc[n+]1[O-]. The summed E-state index contributed by atoms with van der Waals surface area (Å²) in [6, 6.07) is 20.8. The van der Waals surface area contributed by atoms with Gasteiger partial charge in [0.2, 0.25) is 0 Å². The number of carbonyl (C=O) groups excluding carboxylic acids is 2. The first-order valence-electron chi connectivity index (χ1n) is 9.09. The lowest BCUT2D eigenvalue weighted by Gasteiger charge is -2.37. The molecule has 1 amide bonds. The molecule has 0 aliphatic carbocycles. The number of carbonyl (C=O) groups is 2. The molecule has 0 N–H and O–H groups in total. The summed E-state index contributed by atoms with van der Waals surface area (Å²) in [6.45, 7) is -0.217. The van der Waals surface area contributed by atoms with Crippen molar-refractivity contribution in [2.75, 3.05) is 18.1 Å². The molecule has 146 valence electrons. The van der Waals surface area contributed by atoms with E-state index in [1.165, 1.54) is 18.3 Å². The minimum absolute atomic E-state index is 0.178. The number of aromatic nitrogens is 1. The van der Waals surface area contributed by atoms with Gasteiger partial charge < -0.3 is 14.7 Å². The van der Waals surface area contributed by atoms with E-state index in [0.717, 1.165) is 5.56 Å². The minimum atomic E-state index is -0.855. The van der Waals surface area contributed by atoms with Crippen LogP contribution in [0.5, 0.6) is 5.75 Å². The number of nitrogens with zero attached hydrogens (tertiary/aromatic N) is 2. The predicted molar refractivity (Wildman–Crippen MR) is 104 cm³/mol. The van der Waals surface area contributed by atoms with Gasteiger partial charge in [-0.05, 0) is 23.8 Å². The van der Waals surface area contributed by atoms with Crippen molar-refractivity contribution >= 4 is 17.6 Å². The molecule has 3 aromatic rings. The van der Waals surface area contributed by atoms with Gasteiger partial charge in [0, 0.05) is 12.1 Å². The normalized spacial score (nSPS) is 15.2. The third kappa shape index (κ3) is 3.75. The molecule has 2 aromatic carbocycles. The van der Waals surface area contributed by atoms with Crippen LogP contribution in [0.4, 0.5) is 5.69 Å². The molecule has 7 heteroatoms. The lowest BCUT2D eigenvalue weighted by atomic mass is 10.0. The van der Waals surface area contributed by atoms with Gasteiger partial charge in [-0.2, -0.15) is 4.73 Å². The van der Waals surface area contributed by atoms with Crippen molar-refractivity contribution in [3.63, 3.8) is 0 Å². The molecule has 0 unspecified atom stereocenters. The first-order valence-corrected chi connectivity index (χ1v) is 9.09. The standard InChI is InChI=1S/C22H18N2O5/c25-21(15-29-22(26)18-11-6-7-13-23(18)27)24-17-10-4-5-12-20(17)28-14-19(24)16-8-2-1-3-9-16/h1-13,19H,14-15H2/t19-/m1/s1. The zero-order valence-corrected chi connectivity index (χ0v) is 15.4. The Morgan fingerprint density at radius 2 is 1.76 bits per heavy atom. The van der Waals surface area contributed by atoms with Crippen molar-refractivity contribution in [1.29, 1.82) is 0 Å². The molecule has 2 heterocycles. The van der Waals surface area contributed by atoms with Crippen LogP contribution in [0.25, 0.3) is 0 Å². The van der Waals surface area contributed by atoms with Gasteiger partial charge in [0.25, 0.3) is 5.91 Å². The molecule has 0 radical (unpaired) electrons. The number of hydrogen-bond acceptors (Lipinski definition) is 5. The van der Waals surface area contributed by atoms with Gasteiger partial charge in [-0.3, -0.25) is 9.69 Å². The van der Waals surface area contributed by atoms with Crippen molar-refractivity contribution < 1.29 is 23.8 Å². The maximum atomic E-state index is 13.1. The van der Waals surface area contributed by atoms with Crippen LogP contribution in [0, 0.1) is 5.21 Å². The molecule has 7 nitrogen and oxygen atoms in total. The minimum Gasteiger partial charge on any atom is -0.618 e. The number of ether oxygens (including phenoxy) is 2. The summed E-state index contributed by atoms with van der Waals surface area (Å²) in [5, 5.41) is 11.7. The van der Waals surface area contributed by atoms with Gasteiger partial charge in [0.05, 0.1) is 11.7 Å². The fraction of sp³-hybridized carbons (Fsp3) is 0.136. The molecule has 0 fully saturated rings. The Morgan fingerprint density at radius 1 is 1.03 bits per heavy atom. The highest BCUT2D eigenvalue weighted by Gasteiger charge is 2.34. The number of anilines is 1. The van der Waals surface area contributed by atoms with Crippen molar-refractivity contribution in [2.24, 2.45) is 0 Å². The average molecular weight is 390 g/mol. The number of rotatable bonds is 4. The second-order valence-electron chi connectivity index (χ2n) is 6.46. The Balaban J connectivity index is 1.58. The summed E-state index contributed by atoms with van der Waals surface area (Å²) in [5.41, 5.74) is 1.33. The smallest absolute Gasteiger partial charge is 0.405 e. The van der Waals surface area contributed by atoms with Crippen LogP contribution in [-0.4, -0.2) is 25.1 Å². The van der Waals surface area contributed by atoms with Crippen molar-refractivity contribution in [1.82, 2.24) is 0 Å². The molecule has 0 spiro atoms. The van der Waals surface area contributed by atoms with Gasteiger partial charge in [0.15, 0.2) is 12.8 Å². The fourth-order valence-corrected chi connectivity index (χ4v) is 3.28. The zero-order valence-electron chi connectivity index (χ0n) is 15.4. The van der Waals surface area contributed by atoms with Crippen LogP contribution in [0.15, 0.2) is 79.0 Å². The van der Waals surface area contributed by atoms with Gasteiger partial charge >= 0.3 is 11.7 Å². The Hall–Kier alpha value is -3.87. The second-order valence-corrected chi connectivity index (χ2v) is 6.46. The zero-order chi connectivity index (χ0) is 20.2. The Morgan fingerprint density at radius 3 is 2.55 bits per heavy atom. The van der Waals surface area contributed by atoms with E-state index in [4.69, 9.17) is 9.47 Å². The van der Waals surface area contributed by atoms with Crippen LogP contribution in [0.3, 0.4) is 0 Å². The maximum absolute atomic E-state index is 13.1. The van der Waals surface area contributed by atoms with E-state index in [0.29, 0.717) is 16.2 Å². The highest BCUT2D eigenvalue weighted by Crippen LogP contribution is 2.39. The lowest BCUT2D eigenvalue weighted by Crippen LogP contribution is -2.43. The Labute approximate surface area is 167 Å². The molecule has 1 atom stereocenters. The molecule has 1 aromatic heterocycles. The van der Waals surface area contributed by atoms with Crippen molar-refractivity contribution in [3.8, 4) is 5.75 Å². The molecule has 0 saturated heterocycles. The number of hydrogen-bond donors (Lipinski definition) is 0. The largest absolute Gasteiger partial charge is 0.618 e. The van der Waals surface area contributed by atoms with E-state index in [1.807, 2.05) is 42.5 Å². The first kappa shape index (κ1) is 18.5. The molecule has 1 aliphatic heterocycles. The molecule has 0 bridgehead atoms. The summed E-state index contributed by atoms with van der Waals surface area (Å²) in [7, 11) is 0. The maximum Gasteiger partial charge on any atom is 0.405 e. The fourth-order valence-electron chi connectivity index (χ4n) is 3.28. The van der Waals surface area contributed by atoms with E-state index < -0.39 is 18.5 Å². The average Bonchev–Trinajstić information content (AvgIpc) is 2.77. The second kappa shape index (κ2) is 8.02. The molecule has 1 aliphatic rings. The predicted octanol–water partition coefficient (Wildman–Crippen LogP) is 2.64. The molecular formula is C22H18N2O5. The lowest BCUT2D eigenvalue weighted by molar-refractivity contribution is -0.608. The van der Waals surface area contributed by atoms with E-state index >= 15 is 0 Å². The Bertz CT molecular complexity index is 1040. The van der Waals surface area contributed by atoms with Crippen LogP contribution in [0.2, 0.25) is 0 Å². The third-order valence-electron chi connectivity index (χ3n) is 4.65. The Kier molecular flexibility index (Phi) is 5.11. The number of para-hydroxylation sites is 2. The van der Waals surface area contributed by atoms with Crippen LogP contribution >= 0.6 is 0 Å². The molecular weight excluding hydrogens is 372 g/mol. The summed E-state index contributed by atoms with van der Waals surface area (Å²) in [6.07, 6.45) is 1.20. The van der Waals surface area contributed by atoms with Crippen molar-refractivity contribution in [2.45, 2.75) is 6.04 Å². The molecule has 4 rings (SSSR count). The highest BCUT2D eigenvalue weighted by molar-refractivity contribution is 5.98. The molecule has 29 heavy (non-hydrogen) atoms. The van der Waals surface area contributed by atoms with E-state index in [-0.39, 0.29) is 18.3 Å². The monoisotopic (exact) mass is 390 g/mol. The van der Waals surface area contributed by atoms with Gasteiger partial charge in [-0.15, -0.1) is 0 Å². The number of amides is 1. The van der Waals surface area contributed by atoms with Gasteiger partial charge in [0.1, 0.15) is 12.4 Å².